The largest absolute Gasteiger partial charge is 0.281 e. The number of H-pyrrole nitrogens is 1. The van der Waals surface area contributed by atoms with Crippen LogP contribution in [0.25, 0.3) is 22.4 Å². The fourth-order valence-electron chi connectivity index (χ4n) is 3.03. The van der Waals surface area contributed by atoms with Crippen LogP contribution in [0.4, 0.5) is 0 Å². The van der Waals surface area contributed by atoms with E-state index in [1.165, 1.54) is 16.7 Å². The molecule has 0 aliphatic rings. The van der Waals surface area contributed by atoms with Crippen molar-refractivity contribution in [2.24, 2.45) is 0 Å². The maximum Gasteiger partial charge on any atom is 0.100 e. The van der Waals surface area contributed by atoms with Gasteiger partial charge in [0.15, 0.2) is 0 Å². The van der Waals surface area contributed by atoms with Gasteiger partial charge in [-0.1, -0.05) is 91.0 Å². The van der Waals surface area contributed by atoms with Crippen molar-refractivity contribution in [3.8, 4) is 22.4 Å². The quantitative estimate of drug-likeness (QED) is 0.542. The molecule has 4 aromatic rings. The molecule has 0 aliphatic heterocycles. The van der Waals surface area contributed by atoms with E-state index in [4.69, 9.17) is 0 Å². The molecule has 2 heteroatoms. The Morgan fingerprint density at radius 3 is 1.79 bits per heavy atom. The molecule has 0 aliphatic carbocycles. The van der Waals surface area contributed by atoms with Crippen molar-refractivity contribution in [3.63, 3.8) is 0 Å². The molecule has 3 aromatic carbocycles. The van der Waals surface area contributed by atoms with E-state index < -0.39 is 0 Å². The standard InChI is InChI=1S/C22H18N2/c1-4-10-17(11-5-1)16-20-21(18-12-6-2-7-13-18)22(24-23-20)19-14-8-3-9-15-19/h1-15H,16H2,(H,23,24). The highest BCUT2D eigenvalue weighted by molar-refractivity contribution is 5.82. The SMILES string of the molecule is c1ccc(Cc2[nH]nc(-c3ccccc3)c2-c2ccccc2)cc1. The van der Waals surface area contributed by atoms with Gasteiger partial charge in [-0.2, -0.15) is 5.10 Å². The molecule has 0 saturated carbocycles. The summed E-state index contributed by atoms with van der Waals surface area (Å²) in [6.45, 7) is 0. The first-order valence-electron chi connectivity index (χ1n) is 8.14. The normalized spacial score (nSPS) is 10.7. The molecule has 2 nitrogen and oxygen atoms in total. The minimum absolute atomic E-state index is 0.838. The first-order valence-corrected chi connectivity index (χ1v) is 8.14. The second-order valence-electron chi connectivity index (χ2n) is 5.82. The number of aromatic amines is 1. The van der Waals surface area contributed by atoms with Crippen LogP contribution in [0.2, 0.25) is 0 Å². The molecular formula is C22H18N2. The molecule has 0 fully saturated rings. The summed E-state index contributed by atoms with van der Waals surface area (Å²) in [7, 11) is 0. The predicted octanol–water partition coefficient (Wildman–Crippen LogP) is 5.33. The third-order valence-electron chi connectivity index (χ3n) is 4.17. The molecule has 116 valence electrons. The van der Waals surface area contributed by atoms with Gasteiger partial charge in [-0.25, -0.2) is 0 Å². The molecule has 0 atom stereocenters. The summed E-state index contributed by atoms with van der Waals surface area (Å²) in [6, 6.07) is 31.3. The number of nitrogens with one attached hydrogen (secondary N) is 1. The highest BCUT2D eigenvalue weighted by Gasteiger charge is 2.16. The summed E-state index contributed by atoms with van der Waals surface area (Å²) >= 11 is 0. The van der Waals surface area contributed by atoms with Crippen molar-refractivity contribution in [2.75, 3.05) is 0 Å². The lowest BCUT2D eigenvalue weighted by Gasteiger charge is -2.07. The van der Waals surface area contributed by atoms with Crippen LogP contribution in [0.5, 0.6) is 0 Å². The third kappa shape index (κ3) is 2.86. The molecule has 1 aromatic heterocycles. The maximum absolute atomic E-state index is 4.63. The molecular weight excluding hydrogens is 292 g/mol. The number of hydrogen-bond acceptors (Lipinski definition) is 1. The lowest BCUT2D eigenvalue weighted by molar-refractivity contribution is 0.999. The van der Waals surface area contributed by atoms with E-state index in [2.05, 4.69) is 83.0 Å². The fourth-order valence-corrected chi connectivity index (χ4v) is 3.03. The smallest absolute Gasteiger partial charge is 0.100 e. The Hall–Kier alpha value is -3.13. The zero-order valence-electron chi connectivity index (χ0n) is 13.3. The minimum Gasteiger partial charge on any atom is -0.281 e. The summed E-state index contributed by atoms with van der Waals surface area (Å²) in [6.07, 6.45) is 0.838. The Bertz CT molecular complexity index is 910. The molecule has 4 rings (SSSR count). The monoisotopic (exact) mass is 310 g/mol. The molecule has 0 bridgehead atoms. The van der Waals surface area contributed by atoms with Crippen LogP contribution in [0.15, 0.2) is 91.0 Å². The van der Waals surface area contributed by atoms with Crippen molar-refractivity contribution in [1.82, 2.24) is 10.2 Å². The summed E-state index contributed by atoms with van der Waals surface area (Å²) in [4.78, 5) is 0. The Labute approximate surface area is 141 Å². The van der Waals surface area contributed by atoms with Crippen LogP contribution in [-0.2, 0) is 6.42 Å². The average Bonchev–Trinajstić information content (AvgIpc) is 3.07. The second kappa shape index (κ2) is 6.55. The number of nitrogens with zero attached hydrogens (tertiary/aromatic N) is 1. The van der Waals surface area contributed by atoms with Gasteiger partial charge in [-0.15, -0.1) is 0 Å². The summed E-state index contributed by atoms with van der Waals surface area (Å²) in [5, 5.41) is 7.90. The van der Waals surface area contributed by atoms with Crippen LogP contribution >= 0.6 is 0 Å². The molecule has 0 radical (unpaired) electrons. The molecule has 0 amide bonds. The number of aromatic nitrogens is 2. The Balaban J connectivity index is 1.84. The number of benzene rings is 3. The van der Waals surface area contributed by atoms with Gasteiger partial charge in [0.2, 0.25) is 0 Å². The molecule has 24 heavy (non-hydrogen) atoms. The third-order valence-corrected chi connectivity index (χ3v) is 4.17. The first-order chi connectivity index (χ1) is 11.9. The molecule has 1 N–H and O–H groups in total. The summed E-state index contributed by atoms with van der Waals surface area (Å²) < 4.78 is 0. The van der Waals surface area contributed by atoms with Gasteiger partial charge < -0.3 is 0 Å². The lowest BCUT2D eigenvalue weighted by atomic mass is 9.96. The minimum atomic E-state index is 0.838. The van der Waals surface area contributed by atoms with Gasteiger partial charge in [0, 0.05) is 23.2 Å². The van der Waals surface area contributed by atoms with Gasteiger partial charge in [-0.3, -0.25) is 5.10 Å². The Kier molecular flexibility index (Phi) is 3.95. The second-order valence-corrected chi connectivity index (χ2v) is 5.82. The Morgan fingerprint density at radius 2 is 1.17 bits per heavy atom. The van der Waals surface area contributed by atoms with Gasteiger partial charge in [0.1, 0.15) is 5.69 Å². The van der Waals surface area contributed by atoms with Crippen molar-refractivity contribution in [2.45, 2.75) is 6.42 Å². The molecule has 0 unspecified atom stereocenters. The number of hydrogen-bond donors (Lipinski definition) is 1. The van der Waals surface area contributed by atoms with E-state index in [1.54, 1.807) is 0 Å². The molecule has 0 saturated heterocycles. The van der Waals surface area contributed by atoms with Gasteiger partial charge >= 0.3 is 0 Å². The van der Waals surface area contributed by atoms with Crippen LogP contribution in [0.3, 0.4) is 0 Å². The lowest BCUT2D eigenvalue weighted by Crippen LogP contribution is -1.91. The summed E-state index contributed by atoms with van der Waals surface area (Å²) in [5.41, 5.74) is 6.94. The molecule has 0 spiro atoms. The zero-order valence-corrected chi connectivity index (χ0v) is 13.3. The van der Waals surface area contributed by atoms with Crippen LogP contribution in [-0.4, -0.2) is 10.2 Å². The van der Waals surface area contributed by atoms with Crippen LogP contribution in [0, 0.1) is 0 Å². The van der Waals surface area contributed by atoms with E-state index in [1.807, 2.05) is 18.2 Å². The predicted molar refractivity (Wildman–Crippen MR) is 98.7 cm³/mol. The van der Waals surface area contributed by atoms with Crippen molar-refractivity contribution in [1.29, 1.82) is 0 Å². The van der Waals surface area contributed by atoms with Gasteiger partial charge in [0.25, 0.3) is 0 Å². The van der Waals surface area contributed by atoms with E-state index in [0.29, 0.717) is 0 Å². The van der Waals surface area contributed by atoms with E-state index in [9.17, 15) is 0 Å². The fraction of sp³-hybridized carbons (Fsp3) is 0.0455. The zero-order chi connectivity index (χ0) is 16.2. The Morgan fingerprint density at radius 1 is 0.625 bits per heavy atom. The highest BCUT2D eigenvalue weighted by atomic mass is 15.1. The van der Waals surface area contributed by atoms with E-state index >= 15 is 0 Å². The van der Waals surface area contributed by atoms with Crippen molar-refractivity contribution < 1.29 is 0 Å². The maximum atomic E-state index is 4.63. The van der Waals surface area contributed by atoms with Crippen molar-refractivity contribution >= 4 is 0 Å². The number of rotatable bonds is 4. The van der Waals surface area contributed by atoms with E-state index in [-0.39, 0.29) is 0 Å². The average molecular weight is 310 g/mol. The van der Waals surface area contributed by atoms with E-state index in [0.717, 1.165) is 23.4 Å². The van der Waals surface area contributed by atoms with Gasteiger partial charge in [-0.05, 0) is 11.1 Å². The first kappa shape index (κ1) is 14.5. The van der Waals surface area contributed by atoms with Gasteiger partial charge in [0.05, 0.1) is 0 Å². The van der Waals surface area contributed by atoms with Crippen LogP contribution in [0.1, 0.15) is 11.3 Å². The van der Waals surface area contributed by atoms with Crippen LogP contribution < -0.4 is 0 Å². The highest BCUT2D eigenvalue weighted by Crippen LogP contribution is 2.34. The summed E-state index contributed by atoms with van der Waals surface area (Å²) in [5.74, 6) is 0. The van der Waals surface area contributed by atoms with Crippen molar-refractivity contribution in [3.05, 3.63) is 102 Å². The molecule has 1 heterocycles. The topological polar surface area (TPSA) is 28.7 Å².